The van der Waals surface area contributed by atoms with Crippen LogP contribution >= 0.6 is 11.8 Å². The van der Waals surface area contributed by atoms with Crippen LogP contribution in [0, 0.1) is 12.8 Å². The van der Waals surface area contributed by atoms with Crippen LogP contribution in [0.25, 0.3) is 0 Å². The molecule has 3 aromatic heterocycles. The summed E-state index contributed by atoms with van der Waals surface area (Å²) in [7, 11) is 0. The highest BCUT2D eigenvalue weighted by Crippen LogP contribution is 2.27. The maximum atomic E-state index is 12.3. The molecule has 1 saturated heterocycles. The molecule has 0 aromatic carbocycles. The van der Waals surface area contributed by atoms with Gasteiger partial charge in [-0.25, -0.2) is 0 Å². The van der Waals surface area contributed by atoms with Crippen LogP contribution in [0.15, 0.2) is 38.6 Å². The predicted octanol–water partition coefficient (Wildman–Crippen LogP) is 3.18. The fourth-order valence-corrected chi connectivity index (χ4v) is 3.99. The van der Waals surface area contributed by atoms with E-state index in [2.05, 4.69) is 32.5 Å². The van der Waals surface area contributed by atoms with E-state index in [4.69, 9.17) is 8.94 Å². The average molecular weight is 417 g/mol. The van der Waals surface area contributed by atoms with Crippen LogP contribution in [0.3, 0.4) is 0 Å². The molecule has 0 aliphatic carbocycles. The summed E-state index contributed by atoms with van der Waals surface area (Å²) in [6.07, 6.45) is 3.92. The lowest BCUT2D eigenvalue weighted by molar-refractivity contribution is -0.113. The molecule has 4 rings (SSSR count). The molecule has 3 aromatic rings. The number of thioether (sulfide) groups is 1. The molecule has 1 aliphatic rings. The van der Waals surface area contributed by atoms with Crippen LogP contribution in [0.5, 0.6) is 0 Å². The van der Waals surface area contributed by atoms with E-state index in [1.165, 1.54) is 11.8 Å². The largest absolute Gasteiger partial charge is 0.467 e. The molecular weight excluding hydrogens is 392 g/mol. The summed E-state index contributed by atoms with van der Waals surface area (Å²) in [5.41, 5.74) is 0.714. The number of carbonyl (C=O) groups excluding carboxylic acids is 1. The number of rotatable bonds is 7. The van der Waals surface area contributed by atoms with Crippen molar-refractivity contribution in [2.75, 3.05) is 29.1 Å². The number of nitrogens with zero attached hydrogens (tertiary/aromatic N) is 5. The molecule has 0 unspecified atom stereocenters. The SMILES string of the molecule is Cc1cc(NC(=O)CSc2nnc(N3CCC(C)CC3)n2Cc2ccco2)on1. The van der Waals surface area contributed by atoms with E-state index in [1.807, 2.05) is 16.7 Å². The Morgan fingerprint density at radius 1 is 1.34 bits per heavy atom. The molecule has 0 radical (unpaired) electrons. The number of carbonyl (C=O) groups is 1. The summed E-state index contributed by atoms with van der Waals surface area (Å²) >= 11 is 1.34. The van der Waals surface area contributed by atoms with Crippen LogP contribution in [-0.4, -0.2) is 44.7 Å². The first kappa shape index (κ1) is 19.6. The smallest absolute Gasteiger partial charge is 0.237 e. The maximum Gasteiger partial charge on any atom is 0.237 e. The summed E-state index contributed by atoms with van der Waals surface area (Å²) in [6, 6.07) is 5.47. The number of piperidine rings is 1. The van der Waals surface area contributed by atoms with Gasteiger partial charge in [0.05, 0.1) is 24.3 Å². The van der Waals surface area contributed by atoms with Crippen molar-refractivity contribution in [2.24, 2.45) is 5.92 Å². The Hall–Kier alpha value is -2.75. The van der Waals surface area contributed by atoms with Crippen LogP contribution in [0.4, 0.5) is 11.8 Å². The Labute approximate surface area is 172 Å². The zero-order valence-electron chi connectivity index (χ0n) is 16.5. The molecule has 154 valence electrons. The van der Waals surface area contributed by atoms with Gasteiger partial charge in [-0.3, -0.25) is 14.7 Å². The average Bonchev–Trinajstić information content (AvgIpc) is 3.44. The number of aryl methyl sites for hydroxylation is 1. The quantitative estimate of drug-likeness (QED) is 0.586. The molecule has 4 heterocycles. The van der Waals surface area contributed by atoms with E-state index in [0.717, 1.165) is 43.6 Å². The first-order chi connectivity index (χ1) is 14.1. The van der Waals surface area contributed by atoms with Crippen LogP contribution in [-0.2, 0) is 11.3 Å². The Balaban J connectivity index is 1.47. The summed E-state index contributed by atoms with van der Waals surface area (Å²) in [4.78, 5) is 14.5. The number of aromatic nitrogens is 4. The minimum absolute atomic E-state index is 0.188. The Bertz CT molecular complexity index is 943. The third-order valence-corrected chi connectivity index (χ3v) is 5.85. The fraction of sp³-hybridized carbons (Fsp3) is 0.474. The molecule has 0 atom stereocenters. The molecule has 9 nitrogen and oxygen atoms in total. The van der Waals surface area contributed by atoms with Crippen molar-refractivity contribution >= 4 is 29.5 Å². The molecule has 1 N–H and O–H groups in total. The van der Waals surface area contributed by atoms with Gasteiger partial charge in [0.25, 0.3) is 0 Å². The first-order valence-electron chi connectivity index (χ1n) is 9.65. The summed E-state index contributed by atoms with van der Waals surface area (Å²) in [5.74, 6) is 2.71. The standard InChI is InChI=1S/C19H24N6O3S/c1-13-5-7-24(8-6-13)18-21-22-19(25(18)11-15-4-3-9-27-15)29-12-16(26)20-17-10-14(2)23-28-17/h3-4,9-10,13H,5-8,11-12H2,1-2H3,(H,20,26). The van der Waals surface area contributed by atoms with Crippen LogP contribution < -0.4 is 10.2 Å². The molecule has 29 heavy (non-hydrogen) atoms. The molecule has 10 heteroatoms. The van der Waals surface area contributed by atoms with E-state index >= 15 is 0 Å². The van der Waals surface area contributed by atoms with E-state index in [0.29, 0.717) is 23.3 Å². The molecule has 0 bridgehead atoms. The van der Waals surface area contributed by atoms with E-state index < -0.39 is 0 Å². The number of amides is 1. The monoisotopic (exact) mass is 416 g/mol. The molecule has 0 spiro atoms. The number of anilines is 2. The van der Waals surface area contributed by atoms with Gasteiger partial charge in [0, 0.05) is 19.2 Å². The minimum atomic E-state index is -0.188. The molecule has 1 fully saturated rings. The van der Waals surface area contributed by atoms with Crippen molar-refractivity contribution in [2.45, 2.75) is 38.4 Å². The molecular formula is C19H24N6O3S. The van der Waals surface area contributed by atoms with Gasteiger partial charge >= 0.3 is 0 Å². The van der Waals surface area contributed by atoms with Crippen molar-refractivity contribution in [3.63, 3.8) is 0 Å². The Kier molecular flexibility index (Phi) is 5.89. The minimum Gasteiger partial charge on any atom is -0.467 e. The van der Waals surface area contributed by atoms with Crippen LogP contribution in [0.2, 0.25) is 0 Å². The second-order valence-corrected chi connectivity index (χ2v) is 8.23. The number of hydrogen-bond acceptors (Lipinski definition) is 8. The normalized spacial score (nSPS) is 15.0. The summed E-state index contributed by atoms with van der Waals surface area (Å²) in [6.45, 7) is 6.50. The van der Waals surface area contributed by atoms with Crippen molar-refractivity contribution in [3.8, 4) is 0 Å². The number of hydrogen-bond donors (Lipinski definition) is 1. The number of nitrogens with one attached hydrogen (secondary N) is 1. The first-order valence-corrected chi connectivity index (χ1v) is 10.6. The summed E-state index contributed by atoms with van der Waals surface area (Å²) in [5, 5.41) is 15.9. The van der Waals surface area contributed by atoms with Crippen molar-refractivity contribution in [1.82, 2.24) is 19.9 Å². The lowest BCUT2D eigenvalue weighted by Crippen LogP contribution is -2.35. The van der Waals surface area contributed by atoms with Gasteiger partial charge in [-0.1, -0.05) is 23.8 Å². The third-order valence-electron chi connectivity index (χ3n) is 4.88. The second kappa shape index (κ2) is 8.73. The highest BCUT2D eigenvalue weighted by molar-refractivity contribution is 7.99. The molecule has 1 aliphatic heterocycles. The van der Waals surface area contributed by atoms with Crippen molar-refractivity contribution < 1.29 is 13.7 Å². The van der Waals surface area contributed by atoms with E-state index in [-0.39, 0.29) is 11.7 Å². The van der Waals surface area contributed by atoms with Gasteiger partial charge in [-0.05, 0) is 37.8 Å². The van der Waals surface area contributed by atoms with Crippen LogP contribution in [0.1, 0.15) is 31.2 Å². The predicted molar refractivity (Wildman–Crippen MR) is 109 cm³/mol. The Morgan fingerprint density at radius 2 is 2.17 bits per heavy atom. The van der Waals surface area contributed by atoms with Gasteiger partial charge in [-0.15, -0.1) is 10.2 Å². The lowest BCUT2D eigenvalue weighted by atomic mass is 10.00. The maximum absolute atomic E-state index is 12.3. The Morgan fingerprint density at radius 3 is 2.86 bits per heavy atom. The molecule has 0 saturated carbocycles. The number of furan rings is 1. The second-order valence-electron chi connectivity index (χ2n) is 7.29. The zero-order chi connectivity index (χ0) is 20.2. The van der Waals surface area contributed by atoms with E-state index in [1.54, 1.807) is 19.3 Å². The van der Waals surface area contributed by atoms with Gasteiger partial charge in [0.15, 0.2) is 5.16 Å². The third kappa shape index (κ3) is 4.81. The highest BCUT2D eigenvalue weighted by Gasteiger charge is 2.23. The zero-order valence-corrected chi connectivity index (χ0v) is 17.3. The fourth-order valence-electron chi connectivity index (χ4n) is 3.25. The highest BCUT2D eigenvalue weighted by atomic mass is 32.2. The molecule has 1 amide bonds. The van der Waals surface area contributed by atoms with E-state index in [9.17, 15) is 4.79 Å². The van der Waals surface area contributed by atoms with Gasteiger partial charge in [0.2, 0.25) is 17.7 Å². The van der Waals surface area contributed by atoms with Crippen molar-refractivity contribution in [3.05, 3.63) is 35.9 Å². The summed E-state index contributed by atoms with van der Waals surface area (Å²) < 4.78 is 12.6. The van der Waals surface area contributed by atoms with Gasteiger partial charge in [0.1, 0.15) is 5.76 Å². The van der Waals surface area contributed by atoms with Gasteiger partial charge < -0.3 is 13.8 Å². The van der Waals surface area contributed by atoms with Crippen molar-refractivity contribution in [1.29, 1.82) is 0 Å². The van der Waals surface area contributed by atoms with Gasteiger partial charge in [-0.2, -0.15) is 0 Å². The lowest BCUT2D eigenvalue weighted by Gasteiger charge is -2.31. The topological polar surface area (TPSA) is 102 Å².